The normalized spacial score (nSPS) is 27.4. The molecule has 1 aromatic rings. The van der Waals surface area contributed by atoms with E-state index in [0.717, 1.165) is 56.4 Å². The Bertz CT molecular complexity index is 552. The first-order valence-corrected chi connectivity index (χ1v) is 8.63. The van der Waals surface area contributed by atoms with Crippen LogP contribution in [-0.2, 0) is 4.79 Å². The molecule has 4 nitrogen and oxygen atoms in total. The molecular weight excluding hydrogens is 290 g/mol. The molecule has 1 aromatic carbocycles. The lowest BCUT2D eigenvalue weighted by molar-refractivity contribution is -0.120. The van der Waals surface area contributed by atoms with Crippen molar-refractivity contribution in [2.24, 2.45) is 5.92 Å². The Hall–Kier alpha value is -1.81. The number of amides is 1. The third-order valence-electron chi connectivity index (χ3n) is 4.72. The highest BCUT2D eigenvalue weighted by atomic mass is 16.5. The van der Waals surface area contributed by atoms with Crippen molar-refractivity contribution < 1.29 is 14.6 Å². The number of benzene rings is 1. The number of nitrogens with one attached hydrogen (secondary N) is 1. The fourth-order valence-corrected chi connectivity index (χ4v) is 3.28. The van der Waals surface area contributed by atoms with E-state index in [9.17, 15) is 9.90 Å². The second-order valence-electron chi connectivity index (χ2n) is 6.50. The second kappa shape index (κ2) is 7.64. The molecule has 0 heterocycles. The highest BCUT2D eigenvalue weighted by Gasteiger charge is 2.24. The lowest BCUT2D eigenvalue weighted by atomic mass is 9.93. The zero-order chi connectivity index (χ0) is 16.1. The number of hydrogen-bond acceptors (Lipinski definition) is 3. The van der Waals surface area contributed by atoms with Gasteiger partial charge in [-0.15, -0.1) is 0 Å². The zero-order valence-corrected chi connectivity index (χ0v) is 13.4. The number of aliphatic hydroxyl groups excluding tert-OH is 1. The zero-order valence-electron chi connectivity index (χ0n) is 13.4. The van der Waals surface area contributed by atoms with E-state index in [4.69, 9.17) is 4.74 Å². The number of rotatable bonds is 4. The van der Waals surface area contributed by atoms with Crippen molar-refractivity contribution in [3.8, 4) is 5.75 Å². The van der Waals surface area contributed by atoms with Gasteiger partial charge in [0.15, 0.2) is 0 Å². The minimum absolute atomic E-state index is 0.0771. The molecule has 2 aliphatic carbocycles. The van der Waals surface area contributed by atoms with Crippen LogP contribution in [-0.4, -0.2) is 23.2 Å². The minimum Gasteiger partial charge on any atom is -0.488 e. The molecule has 3 rings (SSSR count). The molecule has 1 saturated carbocycles. The van der Waals surface area contributed by atoms with Gasteiger partial charge in [0.2, 0.25) is 5.91 Å². The molecule has 1 fully saturated rings. The molecule has 2 N–H and O–H groups in total. The van der Waals surface area contributed by atoms with Gasteiger partial charge in [-0.25, -0.2) is 0 Å². The molecule has 124 valence electrons. The maximum absolute atomic E-state index is 12.2. The van der Waals surface area contributed by atoms with Crippen molar-refractivity contribution in [2.75, 3.05) is 5.32 Å². The Balaban J connectivity index is 1.54. The van der Waals surface area contributed by atoms with Gasteiger partial charge in [0, 0.05) is 11.6 Å². The maximum atomic E-state index is 12.2. The summed E-state index contributed by atoms with van der Waals surface area (Å²) >= 11 is 0. The lowest BCUT2D eigenvalue weighted by Gasteiger charge is -2.28. The fraction of sp³-hybridized carbons (Fsp3) is 0.526. The molecule has 0 bridgehead atoms. The molecule has 0 spiro atoms. The first-order valence-electron chi connectivity index (χ1n) is 8.63. The Kier molecular flexibility index (Phi) is 5.34. The van der Waals surface area contributed by atoms with Crippen LogP contribution < -0.4 is 10.1 Å². The standard InChI is InChI=1S/C19H25NO3/c21-17-8-4-5-9-18(17)23-16-12-10-15(11-13-16)20-19(22)14-6-2-1-3-7-14/h1-2,10-14,17-18,21H,3-9H2,(H,20,22). The van der Waals surface area contributed by atoms with Crippen molar-refractivity contribution in [2.45, 2.75) is 57.2 Å². The first-order chi connectivity index (χ1) is 11.2. The van der Waals surface area contributed by atoms with Gasteiger partial charge >= 0.3 is 0 Å². The van der Waals surface area contributed by atoms with Gasteiger partial charge < -0.3 is 15.2 Å². The SMILES string of the molecule is O=C(Nc1ccc(OC2CCCCC2O)cc1)C1CC=CCC1. The molecule has 2 aliphatic rings. The number of aliphatic hydroxyl groups is 1. The number of hydrogen-bond donors (Lipinski definition) is 2. The molecule has 1 amide bonds. The lowest BCUT2D eigenvalue weighted by Crippen LogP contribution is -2.34. The van der Waals surface area contributed by atoms with E-state index in [1.807, 2.05) is 24.3 Å². The van der Waals surface area contributed by atoms with E-state index in [-0.39, 0.29) is 24.0 Å². The molecule has 3 unspecified atom stereocenters. The van der Waals surface area contributed by atoms with Gasteiger partial charge in [-0.05, 0) is 62.8 Å². The summed E-state index contributed by atoms with van der Waals surface area (Å²) in [5, 5.41) is 12.9. The molecular formula is C19H25NO3. The first kappa shape index (κ1) is 16.1. The van der Waals surface area contributed by atoms with Gasteiger partial charge in [0.05, 0.1) is 6.10 Å². The van der Waals surface area contributed by atoms with E-state index >= 15 is 0 Å². The average Bonchev–Trinajstić information content (AvgIpc) is 2.59. The van der Waals surface area contributed by atoms with E-state index in [1.165, 1.54) is 0 Å². The highest BCUT2D eigenvalue weighted by Crippen LogP contribution is 2.25. The van der Waals surface area contributed by atoms with E-state index < -0.39 is 0 Å². The molecule has 0 aliphatic heterocycles. The molecule has 0 radical (unpaired) electrons. The van der Waals surface area contributed by atoms with Gasteiger partial charge in [-0.2, -0.15) is 0 Å². The van der Waals surface area contributed by atoms with Crippen LogP contribution in [0.15, 0.2) is 36.4 Å². The molecule has 4 heteroatoms. The number of allylic oxidation sites excluding steroid dienone is 2. The van der Waals surface area contributed by atoms with Crippen LogP contribution in [0, 0.1) is 5.92 Å². The van der Waals surface area contributed by atoms with Crippen LogP contribution in [0.3, 0.4) is 0 Å². The summed E-state index contributed by atoms with van der Waals surface area (Å²) in [5.41, 5.74) is 0.793. The monoisotopic (exact) mass is 315 g/mol. The summed E-state index contributed by atoms with van der Waals surface area (Å²) < 4.78 is 5.87. The summed E-state index contributed by atoms with van der Waals surface area (Å²) in [6.45, 7) is 0. The van der Waals surface area contributed by atoms with E-state index in [2.05, 4.69) is 17.5 Å². The van der Waals surface area contributed by atoms with E-state index in [1.54, 1.807) is 0 Å². The predicted molar refractivity (Wildman–Crippen MR) is 90.4 cm³/mol. The molecule has 3 atom stereocenters. The van der Waals surface area contributed by atoms with Crippen LogP contribution in [0.1, 0.15) is 44.9 Å². The van der Waals surface area contributed by atoms with Crippen molar-refractivity contribution in [3.63, 3.8) is 0 Å². The van der Waals surface area contributed by atoms with Crippen LogP contribution in [0.2, 0.25) is 0 Å². The largest absolute Gasteiger partial charge is 0.488 e. The third-order valence-corrected chi connectivity index (χ3v) is 4.72. The Morgan fingerprint density at radius 3 is 2.57 bits per heavy atom. The Labute approximate surface area is 137 Å². The topological polar surface area (TPSA) is 58.6 Å². The highest BCUT2D eigenvalue weighted by molar-refractivity contribution is 5.92. The maximum Gasteiger partial charge on any atom is 0.227 e. The number of carbonyl (C=O) groups is 1. The van der Waals surface area contributed by atoms with Crippen LogP contribution in [0.25, 0.3) is 0 Å². The quantitative estimate of drug-likeness (QED) is 0.834. The molecule has 0 saturated heterocycles. The van der Waals surface area contributed by atoms with E-state index in [0.29, 0.717) is 0 Å². The molecule has 23 heavy (non-hydrogen) atoms. The van der Waals surface area contributed by atoms with Crippen LogP contribution in [0.4, 0.5) is 5.69 Å². The van der Waals surface area contributed by atoms with Gasteiger partial charge in [0.25, 0.3) is 0 Å². The van der Waals surface area contributed by atoms with Crippen LogP contribution in [0.5, 0.6) is 5.75 Å². The van der Waals surface area contributed by atoms with Gasteiger partial charge in [0.1, 0.15) is 11.9 Å². The Morgan fingerprint density at radius 2 is 1.87 bits per heavy atom. The second-order valence-corrected chi connectivity index (χ2v) is 6.50. The summed E-state index contributed by atoms with van der Waals surface area (Å²) in [6, 6.07) is 7.44. The van der Waals surface area contributed by atoms with Crippen molar-refractivity contribution >= 4 is 11.6 Å². The third kappa shape index (κ3) is 4.35. The van der Waals surface area contributed by atoms with Crippen molar-refractivity contribution in [1.29, 1.82) is 0 Å². The van der Waals surface area contributed by atoms with Crippen molar-refractivity contribution in [3.05, 3.63) is 36.4 Å². The summed E-state index contributed by atoms with van der Waals surface area (Å²) in [6.07, 6.45) is 10.3. The average molecular weight is 315 g/mol. The predicted octanol–water partition coefficient (Wildman–Crippen LogP) is 3.66. The van der Waals surface area contributed by atoms with Crippen LogP contribution >= 0.6 is 0 Å². The summed E-state index contributed by atoms with van der Waals surface area (Å²) in [4.78, 5) is 12.2. The van der Waals surface area contributed by atoms with Gasteiger partial charge in [-0.1, -0.05) is 18.6 Å². The summed E-state index contributed by atoms with van der Waals surface area (Å²) in [5.74, 6) is 0.911. The smallest absolute Gasteiger partial charge is 0.227 e. The minimum atomic E-state index is -0.373. The van der Waals surface area contributed by atoms with Crippen molar-refractivity contribution in [1.82, 2.24) is 0 Å². The molecule has 0 aromatic heterocycles. The fourth-order valence-electron chi connectivity index (χ4n) is 3.28. The number of anilines is 1. The number of ether oxygens (including phenoxy) is 1. The number of carbonyl (C=O) groups excluding carboxylic acids is 1. The summed E-state index contributed by atoms with van der Waals surface area (Å²) in [7, 11) is 0. The Morgan fingerprint density at radius 1 is 1.09 bits per heavy atom. The van der Waals surface area contributed by atoms with Gasteiger partial charge in [-0.3, -0.25) is 4.79 Å².